The average molecular weight is 263 g/mol. The molecule has 0 amide bonds. The minimum absolute atomic E-state index is 0.253. The number of halogens is 2. The van der Waals surface area contributed by atoms with Crippen LogP contribution in [0.4, 0.5) is 0 Å². The zero-order valence-electron chi connectivity index (χ0n) is 6.87. The SMILES string of the molecule is ON=C(CCl)Cc1cccc(Br)c1. The minimum atomic E-state index is 0.253. The first-order chi connectivity index (χ1) is 6.26. The molecule has 70 valence electrons. The van der Waals surface area contributed by atoms with Crippen LogP contribution < -0.4 is 0 Å². The molecule has 4 heteroatoms. The molecule has 0 aromatic heterocycles. The van der Waals surface area contributed by atoms with Crippen LogP contribution in [0.3, 0.4) is 0 Å². The third kappa shape index (κ3) is 3.36. The smallest absolute Gasteiger partial charge is 0.0761 e. The van der Waals surface area contributed by atoms with Gasteiger partial charge in [0.25, 0.3) is 0 Å². The maximum absolute atomic E-state index is 8.55. The molecule has 0 saturated heterocycles. The first-order valence-electron chi connectivity index (χ1n) is 3.76. The lowest BCUT2D eigenvalue weighted by atomic mass is 10.1. The lowest BCUT2D eigenvalue weighted by Crippen LogP contribution is -2.04. The molecule has 0 bridgehead atoms. The van der Waals surface area contributed by atoms with Crippen LogP contribution in [0, 0.1) is 0 Å². The van der Waals surface area contributed by atoms with E-state index in [2.05, 4.69) is 21.1 Å². The Labute approximate surface area is 90.3 Å². The molecule has 1 rings (SSSR count). The van der Waals surface area contributed by atoms with Crippen LogP contribution in [-0.4, -0.2) is 16.8 Å². The van der Waals surface area contributed by atoms with Crippen molar-refractivity contribution >= 4 is 33.2 Å². The highest BCUT2D eigenvalue weighted by Gasteiger charge is 2.00. The molecule has 1 aromatic rings. The minimum Gasteiger partial charge on any atom is -0.411 e. The summed E-state index contributed by atoms with van der Waals surface area (Å²) < 4.78 is 1.01. The Kier molecular flexibility index (Phi) is 4.25. The molecule has 0 spiro atoms. The van der Waals surface area contributed by atoms with E-state index in [0.717, 1.165) is 10.0 Å². The second kappa shape index (κ2) is 5.25. The molecule has 0 aliphatic carbocycles. The lowest BCUT2D eigenvalue weighted by molar-refractivity contribution is 0.318. The molecule has 0 aliphatic heterocycles. The van der Waals surface area contributed by atoms with Crippen molar-refractivity contribution in [3.8, 4) is 0 Å². The van der Waals surface area contributed by atoms with E-state index in [1.165, 1.54) is 0 Å². The number of hydrogen-bond acceptors (Lipinski definition) is 2. The third-order valence-electron chi connectivity index (χ3n) is 1.59. The van der Waals surface area contributed by atoms with Gasteiger partial charge in [0, 0.05) is 10.9 Å². The van der Waals surface area contributed by atoms with E-state index < -0.39 is 0 Å². The van der Waals surface area contributed by atoms with E-state index in [-0.39, 0.29) is 5.88 Å². The molecule has 0 aliphatic rings. The largest absolute Gasteiger partial charge is 0.411 e. The molecule has 2 nitrogen and oxygen atoms in total. The molecular weight excluding hydrogens is 253 g/mol. The van der Waals surface area contributed by atoms with Gasteiger partial charge >= 0.3 is 0 Å². The van der Waals surface area contributed by atoms with Gasteiger partial charge in [0.1, 0.15) is 0 Å². The normalized spacial score (nSPS) is 11.7. The standard InChI is InChI=1S/C9H9BrClNO/c10-8-3-1-2-7(4-8)5-9(6-11)12-13/h1-4,13H,5-6H2. The van der Waals surface area contributed by atoms with Crippen molar-refractivity contribution in [2.45, 2.75) is 6.42 Å². The molecule has 0 fully saturated rings. The second-order valence-electron chi connectivity index (χ2n) is 2.61. The van der Waals surface area contributed by atoms with Gasteiger partial charge in [0.05, 0.1) is 11.6 Å². The molecule has 0 atom stereocenters. The van der Waals surface area contributed by atoms with Crippen LogP contribution in [0.1, 0.15) is 5.56 Å². The Balaban J connectivity index is 2.74. The number of rotatable bonds is 3. The molecule has 13 heavy (non-hydrogen) atoms. The predicted molar refractivity (Wildman–Crippen MR) is 57.8 cm³/mol. The summed E-state index contributed by atoms with van der Waals surface area (Å²) in [5.74, 6) is 0.253. The third-order valence-corrected chi connectivity index (χ3v) is 2.39. The fourth-order valence-electron chi connectivity index (χ4n) is 0.992. The summed E-state index contributed by atoms with van der Waals surface area (Å²) >= 11 is 8.92. The van der Waals surface area contributed by atoms with Crippen LogP contribution >= 0.6 is 27.5 Å². The van der Waals surface area contributed by atoms with Gasteiger partial charge in [-0.25, -0.2) is 0 Å². The zero-order chi connectivity index (χ0) is 9.68. The predicted octanol–water partition coefficient (Wildman–Crippen LogP) is 3.06. The van der Waals surface area contributed by atoms with E-state index >= 15 is 0 Å². The van der Waals surface area contributed by atoms with Crippen molar-refractivity contribution in [2.24, 2.45) is 5.16 Å². The number of alkyl halides is 1. The van der Waals surface area contributed by atoms with Gasteiger partial charge in [0.15, 0.2) is 0 Å². The number of benzene rings is 1. The van der Waals surface area contributed by atoms with Gasteiger partial charge in [-0.2, -0.15) is 0 Å². The van der Waals surface area contributed by atoms with E-state index in [4.69, 9.17) is 16.8 Å². The summed E-state index contributed by atoms with van der Waals surface area (Å²) in [5, 5.41) is 11.6. The Bertz CT molecular complexity index is 314. The highest BCUT2D eigenvalue weighted by atomic mass is 79.9. The van der Waals surface area contributed by atoms with Gasteiger partial charge in [0.2, 0.25) is 0 Å². The molecule has 0 saturated carbocycles. The van der Waals surface area contributed by atoms with Crippen molar-refractivity contribution < 1.29 is 5.21 Å². The monoisotopic (exact) mass is 261 g/mol. The highest BCUT2D eigenvalue weighted by molar-refractivity contribution is 9.10. The van der Waals surface area contributed by atoms with Crippen LogP contribution in [0.2, 0.25) is 0 Å². The van der Waals surface area contributed by atoms with Crippen molar-refractivity contribution in [3.05, 3.63) is 34.3 Å². The molecule has 0 heterocycles. The first kappa shape index (κ1) is 10.5. The van der Waals surface area contributed by atoms with E-state index in [1.807, 2.05) is 24.3 Å². The molecule has 1 aromatic carbocycles. The number of oxime groups is 1. The lowest BCUT2D eigenvalue weighted by Gasteiger charge is -2.01. The van der Waals surface area contributed by atoms with Crippen LogP contribution in [-0.2, 0) is 6.42 Å². The van der Waals surface area contributed by atoms with Gasteiger partial charge in [-0.1, -0.05) is 33.2 Å². The van der Waals surface area contributed by atoms with Gasteiger partial charge < -0.3 is 5.21 Å². The fourth-order valence-corrected chi connectivity index (χ4v) is 1.59. The Hall–Kier alpha value is -0.540. The zero-order valence-corrected chi connectivity index (χ0v) is 9.22. The maximum atomic E-state index is 8.55. The maximum Gasteiger partial charge on any atom is 0.0761 e. The topological polar surface area (TPSA) is 32.6 Å². The van der Waals surface area contributed by atoms with Gasteiger partial charge in [-0.05, 0) is 17.7 Å². The van der Waals surface area contributed by atoms with Crippen molar-refractivity contribution in [1.29, 1.82) is 0 Å². The van der Waals surface area contributed by atoms with E-state index in [1.54, 1.807) is 0 Å². The van der Waals surface area contributed by atoms with E-state index in [9.17, 15) is 0 Å². The molecule has 0 radical (unpaired) electrons. The second-order valence-corrected chi connectivity index (χ2v) is 3.79. The summed E-state index contributed by atoms with van der Waals surface area (Å²) in [6.45, 7) is 0. The summed E-state index contributed by atoms with van der Waals surface area (Å²) in [4.78, 5) is 0. The van der Waals surface area contributed by atoms with Crippen molar-refractivity contribution in [2.75, 3.05) is 5.88 Å². The summed E-state index contributed by atoms with van der Waals surface area (Å²) in [7, 11) is 0. The quantitative estimate of drug-likeness (QED) is 0.386. The summed E-state index contributed by atoms with van der Waals surface area (Å²) in [6, 6.07) is 7.81. The Morgan fingerprint density at radius 1 is 1.54 bits per heavy atom. The Morgan fingerprint density at radius 2 is 2.31 bits per heavy atom. The molecular formula is C9H9BrClNO. The number of hydrogen-bond donors (Lipinski definition) is 1. The van der Waals surface area contributed by atoms with Crippen LogP contribution in [0.15, 0.2) is 33.9 Å². The van der Waals surface area contributed by atoms with Crippen molar-refractivity contribution in [3.63, 3.8) is 0 Å². The Morgan fingerprint density at radius 3 is 2.85 bits per heavy atom. The first-order valence-corrected chi connectivity index (χ1v) is 5.09. The highest BCUT2D eigenvalue weighted by Crippen LogP contribution is 2.12. The molecule has 0 unspecified atom stereocenters. The summed E-state index contributed by atoms with van der Waals surface area (Å²) in [6.07, 6.45) is 0.583. The fraction of sp³-hybridized carbons (Fsp3) is 0.222. The molecule has 1 N–H and O–H groups in total. The van der Waals surface area contributed by atoms with Crippen LogP contribution in [0.25, 0.3) is 0 Å². The number of nitrogens with zero attached hydrogens (tertiary/aromatic N) is 1. The summed E-state index contributed by atoms with van der Waals surface area (Å²) in [5.41, 5.74) is 1.64. The van der Waals surface area contributed by atoms with Gasteiger partial charge in [-0.3, -0.25) is 0 Å². The van der Waals surface area contributed by atoms with Crippen molar-refractivity contribution in [1.82, 2.24) is 0 Å². The average Bonchev–Trinajstić information content (AvgIpc) is 2.14. The van der Waals surface area contributed by atoms with Gasteiger partial charge in [-0.15, -0.1) is 11.6 Å². The van der Waals surface area contributed by atoms with E-state index in [0.29, 0.717) is 12.1 Å². The van der Waals surface area contributed by atoms with Crippen LogP contribution in [0.5, 0.6) is 0 Å².